The zero-order chi connectivity index (χ0) is 17.7. The molecule has 132 valence electrons. The highest BCUT2D eigenvalue weighted by Crippen LogP contribution is 2.44. The van der Waals surface area contributed by atoms with Gasteiger partial charge < -0.3 is 14.6 Å². The second-order valence-corrected chi connectivity index (χ2v) is 8.06. The summed E-state index contributed by atoms with van der Waals surface area (Å²) in [6, 6.07) is 16.4. The Morgan fingerprint density at radius 3 is 2.77 bits per heavy atom. The first kappa shape index (κ1) is 16.1. The number of fused-ring (bicyclic) bond motifs is 3. The molecule has 0 radical (unpaired) electrons. The van der Waals surface area contributed by atoms with Gasteiger partial charge in [0.2, 0.25) is 0 Å². The molecule has 2 aliphatic rings. The smallest absolute Gasteiger partial charge is 0.270 e. The zero-order valence-electron chi connectivity index (χ0n) is 14.3. The summed E-state index contributed by atoms with van der Waals surface area (Å²) in [6.45, 7) is 2.11. The van der Waals surface area contributed by atoms with Crippen LogP contribution < -0.4 is 0 Å². The van der Waals surface area contributed by atoms with Crippen LogP contribution in [-0.4, -0.2) is 28.9 Å². The maximum absolute atomic E-state index is 12.9. The van der Waals surface area contributed by atoms with Crippen LogP contribution in [0.5, 0.6) is 0 Å². The molecule has 1 saturated heterocycles. The van der Waals surface area contributed by atoms with Crippen LogP contribution >= 0.6 is 15.9 Å². The van der Waals surface area contributed by atoms with E-state index in [4.69, 9.17) is 4.74 Å². The van der Waals surface area contributed by atoms with Gasteiger partial charge in [0.1, 0.15) is 5.69 Å². The molecule has 2 aliphatic heterocycles. The number of carbonyl (C=O) groups excluding carboxylic acids is 1. The monoisotopic (exact) mass is 410 g/mol. The number of likely N-dealkylation sites (tertiary alicyclic amines) is 1. The highest BCUT2D eigenvalue weighted by molar-refractivity contribution is 9.10. The van der Waals surface area contributed by atoms with E-state index in [1.54, 1.807) is 0 Å². The number of piperidine rings is 1. The van der Waals surface area contributed by atoms with E-state index in [1.165, 1.54) is 11.1 Å². The summed E-state index contributed by atoms with van der Waals surface area (Å²) in [5.74, 6) is 0.0680. The molecule has 0 bridgehead atoms. The predicted molar refractivity (Wildman–Crippen MR) is 104 cm³/mol. The first-order chi connectivity index (χ1) is 12.6. The molecule has 0 atom stereocenters. The summed E-state index contributed by atoms with van der Waals surface area (Å²) in [4.78, 5) is 18.1. The summed E-state index contributed by atoms with van der Waals surface area (Å²) >= 11 is 3.47. The van der Waals surface area contributed by atoms with Crippen LogP contribution in [0.1, 0.15) is 34.5 Å². The summed E-state index contributed by atoms with van der Waals surface area (Å²) < 4.78 is 7.20. The Balaban J connectivity index is 1.36. The largest absolute Gasteiger partial charge is 0.365 e. The van der Waals surface area contributed by atoms with Crippen LogP contribution in [0.2, 0.25) is 0 Å². The van der Waals surface area contributed by atoms with Gasteiger partial charge in [-0.05, 0) is 42.2 Å². The number of aromatic amines is 1. The van der Waals surface area contributed by atoms with Crippen LogP contribution in [0.25, 0.3) is 10.9 Å². The van der Waals surface area contributed by atoms with Crippen LogP contribution in [0, 0.1) is 0 Å². The van der Waals surface area contributed by atoms with Crippen molar-refractivity contribution in [2.24, 2.45) is 0 Å². The van der Waals surface area contributed by atoms with Crippen molar-refractivity contribution in [1.29, 1.82) is 0 Å². The van der Waals surface area contributed by atoms with E-state index in [9.17, 15) is 4.79 Å². The number of hydrogen-bond donors (Lipinski definition) is 1. The number of ether oxygens (including phenoxy) is 1. The van der Waals surface area contributed by atoms with E-state index in [0.717, 1.165) is 28.2 Å². The number of nitrogens with zero attached hydrogens (tertiary/aromatic N) is 1. The topological polar surface area (TPSA) is 45.3 Å². The molecule has 0 aliphatic carbocycles. The van der Waals surface area contributed by atoms with Crippen molar-refractivity contribution < 1.29 is 9.53 Å². The Bertz CT molecular complexity index is 1000. The van der Waals surface area contributed by atoms with E-state index in [1.807, 2.05) is 29.2 Å². The molecular weight excluding hydrogens is 392 g/mol. The molecule has 2 aromatic carbocycles. The molecule has 3 heterocycles. The van der Waals surface area contributed by atoms with Crippen molar-refractivity contribution in [3.8, 4) is 0 Å². The van der Waals surface area contributed by atoms with Gasteiger partial charge in [-0.3, -0.25) is 4.79 Å². The van der Waals surface area contributed by atoms with Crippen molar-refractivity contribution in [2.45, 2.75) is 25.0 Å². The number of nitrogens with one attached hydrogen (secondary N) is 1. The summed E-state index contributed by atoms with van der Waals surface area (Å²) in [6.07, 6.45) is 1.70. The molecule has 1 spiro atoms. The summed E-state index contributed by atoms with van der Waals surface area (Å²) in [5.41, 5.74) is 4.01. The lowest BCUT2D eigenvalue weighted by Crippen LogP contribution is -2.45. The molecule has 1 N–H and O–H groups in total. The first-order valence-corrected chi connectivity index (χ1v) is 9.74. The third kappa shape index (κ3) is 2.49. The van der Waals surface area contributed by atoms with Crippen molar-refractivity contribution in [2.75, 3.05) is 13.1 Å². The highest BCUT2D eigenvalue weighted by Gasteiger charge is 2.43. The summed E-state index contributed by atoms with van der Waals surface area (Å²) in [5, 5.41) is 1.05. The molecule has 26 heavy (non-hydrogen) atoms. The van der Waals surface area contributed by atoms with E-state index in [0.29, 0.717) is 25.4 Å². The van der Waals surface area contributed by atoms with Gasteiger partial charge in [-0.15, -0.1) is 0 Å². The zero-order valence-corrected chi connectivity index (χ0v) is 15.9. The van der Waals surface area contributed by atoms with Gasteiger partial charge in [0.15, 0.2) is 0 Å². The Labute approximate surface area is 160 Å². The molecule has 1 fully saturated rings. The van der Waals surface area contributed by atoms with Gasteiger partial charge in [-0.2, -0.15) is 0 Å². The predicted octanol–water partition coefficient (Wildman–Crippen LogP) is 4.59. The average Bonchev–Trinajstić information content (AvgIpc) is 3.24. The quantitative estimate of drug-likeness (QED) is 0.637. The minimum atomic E-state index is -0.210. The lowest BCUT2D eigenvalue weighted by Gasteiger charge is -2.39. The van der Waals surface area contributed by atoms with Crippen molar-refractivity contribution in [3.05, 3.63) is 69.8 Å². The van der Waals surface area contributed by atoms with E-state index in [-0.39, 0.29) is 11.5 Å². The number of hydrogen-bond acceptors (Lipinski definition) is 2. The highest BCUT2D eigenvalue weighted by atomic mass is 79.9. The maximum atomic E-state index is 12.9. The number of H-pyrrole nitrogens is 1. The van der Waals surface area contributed by atoms with Crippen molar-refractivity contribution >= 4 is 32.7 Å². The van der Waals surface area contributed by atoms with Gasteiger partial charge in [0, 0.05) is 28.5 Å². The third-order valence-electron chi connectivity index (χ3n) is 5.69. The number of rotatable bonds is 1. The second-order valence-electron chi connectivity index (χ2n) is 7.15. The Morgan fingerprint density at radius 2 is 1.92 bits per heavy atom. The molecule has 0 saturated carbocycles. The minimum absolute atomic E-state index is 0.0680. The van der Waals surface area contributed by atoms with Gasteiger partial charge in [0.05, 0.1) is 12.2 Å². The van der Waals surface area contributed by atoms with Gasteiger partial charge in [-0.1, -0.05) is 46.3 Å². The lowest BCUT2D eigenvalue weighted by molar-refractivity contribution is -0.0742. The molecular formula is C21H19BrN2O2. The fourth-order valence-electron chi connectivity index (χ4n) is 4.25. The molecule has 5 heteroatoms. The van der Waals surface area contributed by atoms with Crippen LogP contribution in [0.4, 0.5) is 0 Å². The average molecular weight is 411 g/mol. The van der Waals surface area contributed by atoms with E-state index < -0.39 is 0 Å². The number of carbonyl (C=O) groups is 1. The molecule has 3 aromatic rings. The minimum Gasteiger partial charge on any atom is -0.365 e. The standard InChI is InChI=1S/C21H19BrN2O2/c22-16-6-5-14-11-19(23-18(14)12-16)20(25)24-9-7-21(8-10-24)17-4-2-1-3-15(17)13-26-21/h1-6,11-12,23H,7-10,13H2. The molecule has 5 rings (SSSR count). The van der Waals surface area contributed by atoms with Gasteiger partial charge >= 0.3 is 0 Å². The van der Waals surface area contributed by atoms with Gasteiger partial charge in [-0.25, -0.2) is 0 Å². The Hall–Kier alpha value is -2.11. The Kier molecular flexibility index (Phi) is 3.69. The van der Waals surface area contributed by atoms with Crippen molar-refractivity contribution in [3.63, 3.8) is 0 Å². The fourth-order valence-corrected chi connectivity index (χ4v) is 4.61. The van der Waals surface area contributed by atoms with E-state index >= 15 is 0 Å². The number of benzene rings is 2. The Morgan fingerprint density at radius 1 is 1.12 bits per heavy atom. The summed E-state index contributed by atoms with van der Waals surface area (Å²) in [7, 11) is 0. The molecule has 4 nitrogen and oxygen atoms in total. The second kappa shape index (κ2) is 5.96. The molecule has 1 amide bonds. The molecule has 0 unspecified atom stereocenters. The number of aromatic nitrogens is 1. The fraction of sp³-hybridized carbons (Fsp3) is 0.286. The lowest BCUT2D eigenvalue weighted by atomic mass is 9.84. The normalized spacial score (nSPS) is 18.4. The van der Waals surface area contributed by atoms with Crippen LogP contribution in [-0.2, 0) is 16.9 Å². The van der Waals surface area contributed by atoms with Gasteiger partial charge in [0.25, 0.3) is 5.91 Å². The van der Waals surface area contributed by atoms with Crippen LogP contribution in [0.15, 0.2) is 53.0 Å². The number of halogens is 1. The SMILES string of the molecule is O=C(c1cc2ccc(Br)cc2[nH]1)N1CCC2(CC1)OCc1ccccc12. The number of amides is 1. The maximum Gasteiger partial charge on any atom is 0.270 e. The first-order valence-electron chi connectivity index (χ1n) is 8.95. The third-order valence-corrected chi connectivity index (χ3v) is 6.18. The van der Waals surface area contributed by atoms with Crippen molar-refractivity contribution in [1.82, 2.24) is 9.88 Å². The van der Waals surface area contributed by atoms with Crippen LogP contribution in [0.3, 0.4) is 0 Å². The molecule has 1 aromatic heterocycles. The van der Waals surface area contributed by atoms with E-state index in [2.05, 4.69) is 45.2 Å².